The van der Waals surface area contributed by atoms with Crippen LogP contribution in [-0.4, -0.2) is 30.3 Å². The largest absolute Gasteiger partial charge is 0.462 e. The fraction of sp³-hybridized carbons (Fsp3) is 0.857. The standard InChI is InChI=1S/C14H23F3O4/c1-8(2)13(9(3)4)21-12(19)7-6-11(18)20-10(5)14(15,16)17/h8-10,13H,6-7H2,1-5H3. The first kappa shape index (κ1) is 19.7. The van der Waals surface area contributed by atoms with Crippen molar-refractivity contribution >= 4 is 11.9 Å². The minimum atomic E-state index is -4.60. The van der Waals surface area contributed by atoms with Crippen LogP contribution >= 0.6 is 0 Å². The van der Waals surface area contributed by atoms with Gasteiger partial charge in [-0.05, 0) is 18.8 Å². The molecule has 21 heavy (non-hydrogen) atoms. The molecule has 4 nitrogen and oxygen atoms in total. The lowest BCUT2D eigenvalue weighted by Crippen LogP contribution is -2.31. The third-order valence-corrected chi connectivity index (χ3v) is 2.88. The fourth-order valence-corrected chi connectivity index (χ4v) is 1.78. The maximum atomic E-state index is 12.2. The van der Waals surface area contributed by atoms with Crippen molar-refractivity contribution in [3.05, 3.63) is 0 Å². The molecule has 0 radical (unpaired) electrons. The Kier molecular flexibility index (Phi) is 7.74. The number of rotatable bonds is 7. The monoisotopic (exact) mass is 312 g/mol. The molecule has 124 valence electrons. The molecule has 0 spiro atoms. The van der Waals surface area contributed by atoms with E-state index in [1.165, 1.54) is 0 Å². The summed E-state index contributed by atoms with van der Waals surface area (Å²) in [6, 6.07) is 0. The van der Waals surface area contributed by atoms with Gasteiger partial charge in [0.25, 0.3) is 0 Å². The van der Waals surface area contributed by atoms with Crippen LogP contribution in [0.1, 0.15) is 47.5 Å². The maximum Gasteiger partial charge on any atom is 0.425 e. The van der Waals surface area contributed by atoms with E-state index < -0.39 is 30.6 Å². The molecule has 0 amide bonds. The van der Waals surface area contributed by atoms with E-state index in [2.05, 4.69) is 4.74 Å². The average molecular weight is 312 g/mol. The lowest BCUT2D eigenvalue weighted by atomic mass is 9.96. The fourth-order valence-electron chi connectivity index (χ4n) is 1.78. The SMILES string of the molecule is CC(C)C(OC(=O)CCC(=O)OC(C)C(F)(F)F)C(C)C. The third kappa shape index (κ3) is 7.92. The van der Waals surface area contributed by atoms with Crippen LogP contribution in [0.4, 0.5) is 13.2 Å². The summed E-state index contributed by atoms with van der Waals surface area (Å²) >= 11 is 0. The molecule has 0 fully saturated rings. The van der Waals surface area contributed by atoms with Gasteiger partial charge in [-0.1, -0.05) is 27.7 Å². The zero-order chi connectivity index (χ0) is 16.8. The molecule has 0 aromatic rings. The number of alkyl halides is 3. The van der Waals surface area contributed by atoms with Crippen LogP contribution in [-0.2, 0) is 19.1 Å². The van der Waals surface area contributed by atoms with E-state index in [-0.39, 0.29) is 24.4 Å². The zero-order valence-electron chi connectivity index (χ0n) is 13.0. The van der Waals surface area contributed by atoms with Crippen molar-refractivity contribution in [2.45, 2.75) is 65.8 Å². The van der Waals surface area contributed by atoms with Gasteiger partial charge in [0.15, 0.2) is 6.10 Å². The van der Waals surface area contributed by atoms with Crippen molar-refractivity contribution in [3.63, 3.8) is 0 Å². The summed E-state index contributed by atoms with van der Waals surface area (Å²) in [6.45, 7) is 8.34. The molecule has 0 aliphatic carbocycles. The smallest absolute Gasteiger partial charge is 0.425 e. The molecule has 0 heterocycles. The summed E-state index contributed by atoms with van der Waals surface area (Å²) < 4.78 is 46.0. The van der Waals surface area contributed by atoms with Crippen LogP contribution in [0.2, 0.25) is 0 Å². The third-order valence-electron chi connectivity index (χ3n) is 2.88. The second-order valence-electron chi connectivity index (χ2n) is 5.62. The predicted octanol–water partition coefficient (Wildman–Crippen LogP) is 3.48. The predicted molar refractivity (Wildman–Crippen MR) is 70.4 cm³/mol. The van der Waals surface area contributed by atoms with Crippen molar-refractivity contribution in [3.8, 4) is 0 Å². The van der Waals surface area contributed by atoms with Crippen LogP contribution in [0, 0.1) is 11.8 Å². The van der Waals surface area contributed by atoms with Crippen molar-refractivity contribution < 1.29 is 32.2 Å². The molecule has 0 N–H and O–H groups in total. The number of halogens is 3. The first-order valence-corrected chi connectivity index (χ1v) is 6.90. The van der Waals surface area contributed by atoms with E-state index in [9.17, 15) is 22.8 Å². The average Bonchev–Trinajstić information content (AvgIpc) is 2.31. The van der Waals surface area contributed by atoms with Gasteiger partial charge in [-0.25, -0.2) is 0 Å². The molecule has 0 saturated carbocycles. The van der Waals surface area contributed by atoms with Crippen molar-refractivity contribution in [2.75, 3.05) is 0 Å². The minimum Gasteiger partial charge on any atom is -0.462 e. The summed E-state index contributed by atoms with van der Waals surface area (Å²) in [6.07, 6.45) is -7.79. The van der Waals surface area contributed by atoms with Crippen molar-refractivity contribution in [1.29, 1.82) is 0 Å². The Morgan fingerprint density at radius 2 is 1.24 bits per heavy atom. The molecule has 0 saturated heterocycles. The summed E-state index contributed by atoms with van der Waals surface area (Å²) in [7, 11) is 0. The highest BCUT2D eigenvalue weighted by atomic mass is 19.4. The van der Waals surface area contributed by atoms with Crippen LogP contribution in [0.15, 0.2) is 0 Å². The highest BCUT2D eigenvalue weighted by Gasteiger charge is 2.39. The number of carbonyl (C=O) groups is 2. The Morgan fingerprint density at radius 3 is 1.57 bits per heavy atom. The summed E-state index contributed by atoms with van der Waals surface area (Å²) in [5.74, 6) is -1.45. The van der Waals surface area contributed by atoms with Gasteiger partial charge in [-0.2, -0.15) is 13.2 Å². The van der Waals surface area contributed by atoms with Crippen molar-refractivity contribution in [2.24, 2.45) is 11.8 Å². The number of esters is 2. The van der Waals surface area contributed by atoms with E-state index in [0.717, 1.165) is 6.92 Å². The van der Waals surface area contributed by atoms with Crippen molar-refractivity contribution in [1.82, 2.24) is 0 Å². The van der Waals surface area contributed by atoms with E-state index in [0.29, 0.717) is 0 Å². The van der Waals surface area contributed by atoms with Gasteiger partial charge in [-0.15, -0.1) is 0 Å². The number of ether oxygens (including phenoxy) is 2. The highest BCUT2D eigenvalue weighted by Crippen LogP contribution is 2.23. The molecule has 0 aromatic carbocycles. The highest BCUT2D eigenvalue weighted by molar-refractivity contribution is 5.77. The molecule has 0 rings (SSSR count). The molecule has 0 bridgehead atoms. The molecule has 1 atom stereocenters. The van der Waals surface area contributed by atoms with Crippen LogP contribution in [0.3, 0.4) is 0 Å². The van der Waals surface area contributed by atoms with E-state index >= 15 is 0 Å². The topological polar surface area (TPSA) is 52.6 Å². The first-order valence-electron chi connectivity index (χ1n) is 6.90. The van der Waals surface area contributed by atoms with E-state index in [1.807, 2.05) is 27.7 Å². The molecule has 0 aliphatic heterocycles. The number of hydrogen-bond acceptors (Lipinski definition) is 4. The van der Waals surface area contributed by atoms with Gasteiger partial charge in [0.05, 0.1) is 12.8 Å². The maximum absolute atomic E-state index is 12.2. The summed E-state index contributed by atoms with van der Waals surface area (Å²) in [5, 5.41) is 0. The van der Waals surface area contributed by atoms with Gasteiger partial charge in [0, 0.05) is 0 Å². The summed E-state index contributed by atoms with van der Waals surface area (Å²) in [4.78, 5) is 22.8. The Hall–Kier alpha value is -1.27. The molecular weight excluding hydrogens is 289 g/mol. The first-order chi connectivity index (χ1) is 9.45. The molecule has 7 heteroatoms. The molecule has 0 aliphatic rings. The number of hydrogen-bond donors (Lipinski definition) is 0. The van der Waals surface area contributed by atoms with Crippen LogP contribution in [0.25, 0.3) is 0 Å². The van der Waals surface area contributed by atoms with Gasteiger partial charge in [0.2, 0.25) is 0 Å². The van der Waals surface area contributed by atoms with Gasteiger partial charge in [0.1, 0.15) is 6.10 Å². The second kappa shape index (κ2) is 8.24. The minimum absolute atomic E-state index is 0.117. The lowest BCUT2D eigenvalue weighted by molar-refractivity contribution is -0.216. The van der Waals surface area contributed by atoms with Gasteiger partial charge >= 0.3 is 18.1 Å². The summed E-state index contributed by atoms with van der Waals surface area (Å²) in [5.41, 5.74) is 0. The normalized spacial score (nSPS) is 13.7. The van der Waals surface area contributed by atoms with E-state index in [1.54, 1.807) is 0 Å². The molecular formula is C14H23F3O4. The molecule has 1 unspecified atom stereocenters. The quantitative estimate of drug-likeness (QED) is 0.675. The second-order valence-corrected chi connectivity index (χ2v) is 5.62. The Balaban J connectivity index is 4.22. The Labute approximate surface area is 123 Å². The van der Waals surface area contributed by atoms with Crippen LogP contribution < -0.4 is 0 Å². The van der Waals surface area contributed by atoms with Gasteiger partial charge in [-0.3, -0.25) is 9.59 Å². The Bertz CT molecular complexity index is 343. The molecule has 0 aromatic heterocycles. The lowest BCUT2D eigenvalue weighted by Gasteiger charge is -2.24. The van der Waals surface area contributed by atoms with Gasteiger partial charge < -0.3 is 9.47 Å². The van der Waals surface area contributed by atoms with E-state index in [4.69, 9.17) is 4.74 Å². The van der Waals surface area contributed by atoms with Crippen LogP contribution in [0.5, 0.6) is 0 Å². The Morgan fingerprint density at radius 1 is 0.857 bits per heavy atom. The number of carbonyl (C=O) groups excluding carboxylic acids is 2. The zero-order valence-corrected chi connectivity index (χ0v) is 13.0.